The Bertz CT molecular complexity index is 250. The van der Waals surface area contributed by atoms with E-state index in [1.807, 2.05) is 0 Å². The van der Waals surface area contributed by atoms with E-state index in [2.05, 4.69) is 24.1 Å². The minimum Gasteiger partial charge on any atom is -0.379 e. The minimum absolute atomic E-state index is 0. The molecule has 0 aromatic carbocycles. The van der Waals surface area contributed by atoms with Crippen LogP contribution in [0.25, 0.3) is 0 Å². The van der Waals surface area contributed by atoms with E-state index in [9.17, 15) is 4.79 Å². The van der Waals surface area contributed by atoms with Gasteiger partial charge < -0.3 is 15.8 Å². The highest BCUT2D eigenvalue weighted by Gasteiger charge is 2.14. The highest BCUT2D eigenvalue weighted by molar-refractivity contribution is 5.85. The number of halogens is 2. The number of morpholine rings is 1. The molecule has 1 aliphatic heterocycles. The van der Waals surface area contributed by atoms with Crippen LogP contribution in [0.4, 0.5) is 0 Å². The van der Waals surface area contributed by atoms with Crippen molar-refractivity contribution in [2.75, 3.05) is 39.4 Å². The van der Waals surface area contributed by atoms with Gasteiger partial charge in [-0.2, -0.15) is 0 Å². The van der Waals surface area contributed by atoms with Crippen LogP contribution in [-0.2, 0) is 9.53 Å². The van der Waals surface area contributed by atoms with Gasteiger partial charge in [-0.05, 0) is 25.3 Å². The largest absolute Gasteiger partial charge is 0.379 e. The third-order valence-electron chi connectivity index (χ3n) is 3.12. The van der Waals surface area contributed by atoms with E-state index in [4.69, 9.17) is 10.5 Å². The maximum absolute atomic E-state index is 11.7. The Morgan fingerprint density at radius 2 is 1.90 bits per heavy atom. The van der Waals surface area contributed by atoms with Crippen LogP contribution in [0.3, 0.4) is 0 Å². The summed E-state index contributed by atoms with van der Waals surface area (Å²) in [6.45, 7) is 9.53. The van der Waals surface area contributed by atoms with E-state index in [0.29, 0.717) is 12.5 Å². The van der Waals surface area contributed by atoms with Crippen molar-refractivity contribution < 1.29 is 9.53 Å². The summed E-state index contributed by atoms with van der Waals surface area (Å²) >= 11 is 0. The van der Waals surface area contributed by atoms with Crippen molar-refractivity contribution in [3.63, 3.8) is 0 Å². The molecule has 1 saturated heterocycles. The first kappa shape index (κ1) is 22.2. The van der Waals surface area contributed by atoms with Crippen molar-refractivity contribution in [3.05, 3.63) is 0 Å². The molecule has 122 valence electrons. The highest BCUT2D eigenvalue weighted by atomic mass is 35.5. The van der Waals surface area contributed by atoms with Gasteiger partial charge in [0.15, 0.2) is 0 Å². The lowest BCUT2D eigenvalue weighted by atomic mass is 10.0. The average Bonchev–Trinajstić information content (AvgIpc) is 2.34. The molecule has 20 heavy (non-hydrogen) atoms. The second-order valence-electron chi connectivity index (χ2n) is 5.33. The number of ether oxygens (including phenoxy) is 1. The molecule has 1 fully saturated rings. The molecule has 0 bridgehead atoms. The molecule has 1 rings (SSSR count). The number of carbonyl (C=O) groups is 1. The number of rotatable bonds is 7. The number of hydrogen-bond acceptors (Lipinski definition) is 4. The van der Waals surface area contributed by atoms with Crippen LogP contribution < -0.4 is 11.1 Å². The van der Waals surface area contributed by atoms with Gasteiger partial charge in [0.05, 0.1) is 19.3 Å². The normalized spacial score (nSPS) is 17.0. The standard InChI is InChI=1S/C13H27N3O2.2ClH/c1-11(2)10-12(14)13(17)15-4-3-5-16-6-8-18-9-7-16;;/h11-12H,3-10,14H2,1-2H3,(H,15,17);2*1H/t12-;;/m0../s1. The maximum atomic E-state index is 11.7. The molecule has 7 heteroatoms. The van der Waals surface area contributed by atoms with Crippen LogP contribution in [0.2, 0.25) is 0 Å². The van der Waals surface area contributed by atoms with E-state index in [0.717, 1.165) is 45.7 Å². The summed E-state index contributed by atoms with van der Waals surface area (Å²) in [5.74, 6) is 0.435. The first-order valence-electron chi connectivity index (χ1n) is 6.93. The van der Waals surface area contributed by atoms with Crippen LogP contribution in [-0.4, -0.2) is 56.2 Å². The van der Waals surface area contributed by atoms with Crippen LogP contribution in [0.5, 0.6) is 0 Å². The molecule has 0 aromatic heterocycles. The molecule has 0 aromatic rings. The summed E-state index contributed by atoms with van der Waals surface area (Å²) in [6, 6.07) is -0.367. The number of nitrogens with zero attached hydrogens (tertiary/aromatic N) is 1. The Morgan fingerprint density at radius 1 is 1.30 bits per heavy atom. The van der Waals surface area contributed by atoms with E-state index in [1.54, 1.807) is 0 Å². The van der Waals surface area contributed by atoms with Crippen molar-refractivity contribution in [3.8, 4) is 0 Å². The zero-order valence-corrected chi connectivity index (χ0v) is 14.1. The minimum atomic E-state index is -0.367. The quantitative estimate of drug-likeness (QED) is 0.685. The third-order valence-corrected chi connectivity index (χ3v) is 3.12. The zero-order valence-electron chi connectivity index (χ0n) is 12.5. The summed E-state index contributed by atoms with van der Waals surface area (Å²) < 4.78 is 5.28. The van der Waals surface area contributed by atoms with Gasteiger partial charge in [-0.15, -0.1) is 24.8 Å². The van der Waals surface area contributed by atoms with Crippen LogP contribution in [0, 0.1) is 5.92 Å². The SMILES string of the molecule is CC(C)C[C@H](N)C(=O)NCCCN1CCOCC1.Cl.Cl. The van der Waals surface area contributed by atoms with Crippen molar-refractivity contribution in [1.82, 2.24) is 10.2 Å². The summed E-state index contributed by atoms with van der Waals surface area (Å²) in [5, 5.41) is 2.91. The Kier molecular flexibility index (Phi) is 14.1. The zero-order chi connectivity index (χ0) is 13.4. The first-order valence-corrected chi connectivity index (χ1v) is 6.93. The van der Waals surface area contributed by atoms with Crippen molar-refractivity contribution in [1.29, 1.82) is 0 Å². The van der Waals surface area contributed by atoms with Gasteiger partial charge in [0, 0.05) is 19.6 Å². The number of amides is 1. The lowest BCUT2D eigenvalue weighted by Gasteiger charge is -2.26. The fourth-order valence-corrected chi connectivity index (χ4v) is 2.09. The summed E-state index contributed by atoms with van der Waals surface area (Å²) in [4.78, 5) is 14.0. The number of carbonyl (C=O) groups excluding carboxylic acids is 1. The molecular weight excluding hydrogens is 301 g/mol. The molecule has 0 saturated carbocycles. The summed E-state index contributed by atoms with van der Waals surface area (Å²) in [6.07, 6.45) is 1.72. The lowest BCUT2D eigenvalue weighted by molar-refractivity contribution is -0.122. The molecule has 0 radical (unpaired) electrons. The lowest BCUT2D eigenvalue weighted by Crippen LogP contribution is -2.43. The molecule has 1 atom stereocenters. The monoisotopic (exact) mass is 329 g/mol. The molecule has 0 unspecified atom stereocenters. The van der Waals surface area contributed by atoms with Gasteiger partial charge in [-0.25, -0.2) is 0 Å². The van der Waals surface area contributed by atoms with Gasteiger partial charge in [-0.1, -0.05) is 13.8 Å². The van der Waals surface area contributed by atoms with Gasteiger partial charge in [0.1, 0.15) is 0 Å². The molecule has 1 heterocycles. The second-order valence-corrected chi connectivity index (χ2v) is 5.33. The summed E-state index contributed by atoms with van der Waals surface area (Å²) in [5.41, 5.74) is 5.80. The molecule has 1 amide bonds. The Labute approximate surface area is 134 Å². The van der Waals surface area contributed by atoms with E-state index in [1.165, 1.54) is 0 Å². The van der Waals surface area contributed by atoms with Gasteiger partial charge in [-0.3, -0.25) is 9.69 Å². The predicted octanol–water partition coefficient (Wildman–Crippen LogP) is 1.04. The number of nitrogens with two attached hydrogens (primary N) is 1. The van der Waals surface area contributed by atoms with E-state index >= 15 is 0 Å². The Hall–Kier alpha value is -0.0700. The van der Waals surface area contributed by atoms with Crippen LogP contribution >= 0.6 is 24.8 Å². The average molecular weight is 330 g/mol. The third kappa shape index (κ3) is 9.77. The molecule has 5 nitrogen and oxygen atoms in total. The first-order chi connectivity index (χ1) is 8.59. The van der Waals surface area contributed by atoms with Crippen molar-refractivity contribution in [2.24, 2.45) is 11.7 Å². The fraction of sp³-hybridized carbons (Fsp3) is 0.923. The van der Waals surface area contributed by atoms with Gasteiger partial charge in [0.2, 0.25) is 5.91 Å². The van der Waals surface area contributed by atoms with Crippen molar-refractivity contribution >= 4 is 30.7 Å². The van der Waals surface area contributed by atoms with E-state index < -0.39 is 0 Å². The molecule has 0 spiro atoms. The van der Waals surface area contributed by atoms with Crippen LogP contribution in [0.15, 0.2) is 0 Å². The van der Waals surface area contributed by atoms with Gasteiger partial charge in [0.25, 0.3) is 0 Å². The predicted molar refractivity (Wildman–Crippen MR) is 86.8 cm³/mol. The molecule has 0 aliphatic carbocycles. The smallest absolute Gasteiger partial charge is 0.236 e. The topological polar surface area (TPSA) is 67.6 Å². The Morgan fingerprint density at radius 3 is 2.45 bits per heavy atom. The molecule has 1 aliphatic rings. The fourth-order valence-electron chi connectivity index (χ4n) is 2.09. The number of hydrogen-bond donors (Lipinski definition) is 2. The summed E-state index contributed by atoms with van der Waals surface area (Å²) in [7, 11) is 0. The molecule has 3 N–H and O–H groups in total. The van der Waals surface area contributed by atoms with Crippen molar-refractivity contribution in [2.45, 2.75) is 32.7 Å². The number of nitrogens with one attached hydrogen (secondary N) is 1. The van der Waals surface area contributed by atoms with Crippen LogP contribution in [0.1, 0.15) is 26.7 Å². The maximum Gasteiger partial charge on any atom is 0.236 e. The second kappa shape index (κ2) is 12.7. The molecular formula is C13H29Cl2N3O2. The van der Waals surface area contributed by atoms with E-state index in [-0.39, 0.29) is 36.8 Å². The highest BCUT2D eigenvalue weighted by Crippen LogP contribution is 2.02. The Balaban J connectivity index is 0. The van der Waals surface area contributed by atoms with Gasteiger partial charge >= 0.3 is 0 Å².